The first-order chi connectivity index (χ1) is 8.65. The van der Waals surface area contributed by atoms with Gasteiger partial charge in [0.25, 0.3) is 0 Å². The minimum Gasteiger partial charge on any atom is -0.481 e. The van der Waals surface area contributed by atoms with Gasteiger partial charge >= 0.3 is 0 Å². The van der Waals surface area contributed by atoms with Crippen molar-refractivity contribution in [3.8, 4) is 5.88 Å². The molecule has 18 heavy (non-hydrogen) atoms. The highest BCUT2D eigenvalue weighted by atomic mass is 16.5. The summed E-state index contributed by atoms with van der Waals surface area (Å²) in [6.07, 6.45) is 0.0589. The van der Waals surface area contributed by atoms with Crippen molar-refractivity contribution in [2.24, 2.45) is 0 Å². The molecule has 2 N–H and O–H groups in total. The molecular weight excluding hydrogens is 236 g/mol. The molecule has 0 aliphatic carbocycles. The number of nitrogens with zero attached hydrogens (tertiary/aromatic N) is 2. The quantitative estimate of drug-likeness (QED) is 0.770. The van der Waals surface area contributed by atoms with Crippen LogP contribution >= 0.6 is 0 Å². The second-order valence-corrected chi connectivity index (χ2v) is 4.18. The first-order valence-electron chi connectivity index (χ1n) is 5.79. The van der Waals surface area contributed by atoms with Crippen LogP contribution in [0.2, 0.25) is 0 Å². The Bertz CT molecular complexity index is 450. The summed E-state index contributed by atoms with van der Waals surface area (Å²) in [6, 6.07) is 3.61. The number of rotatable bonds is 4. The lowest BCUT2D eigenvalue weighted by Crippen LogP contribution is -2.42. The van der Waals surface area contributed by atoms with E-state index in [0.29, 0.717) is 24.5 Å². The van der Waals surface area contributed by atoms with E-state index in [1.165, 1.54) is 12.0 Å². The molecule has 1 amide bonds. The number of aliphatic hydroxyl groups excluding tert-OH is 2. The van der Waals surface area contributed by atoms with Crippen molar-refractivity contribution in [1.29, 1.82) is 0 Å². The van der Waals surface area contributed by atoms with E-state index in [1.807, 2.05) is 6.07 Å². The summed E-state index contributed by atoms with van der Waals surface area (Å²) in [5, 5.41) is 18.3. The van der Waals surface area contributed by atoms with E-state index in [1.54, 1.807) is 6.07 Å². The number of methoxy groups -OCH3 is 1. The Kier molecular flexibility index (Phi) is 3.78. The van der Waals surface area contributed by atoms with Gasteiger partial charge in [0, 0.05) is 12.5 Å². The van der Waals surface area contributed by atoms with Crippen LogP contribution in [-0.4, -0.2) is 47.5 Å². The van der Waals surface area contributed by atoms with Crippen molar-refractivity contribution in [1.82, 2.24) is 4.98 Å². The molecule has 98 valence electrons. The normalized spacial score (nSPS) is 16.4. The lowest BCUT2D eigenvalue weighted by atomic mass is 10.0. The third-order valence-corrected chi connectivity index (χ3v) is 2.91. The number of hydrogen-bond acceptors (Lipinski definition) is 5. The van der Waals surface area contributed by atoms with E-state index < -0.39 is 6.10 Å². The SMILES string of the molecule is COc1ccc2c(n1)N(CC(O)CO)C(=O)CC2. The van der Waals surface area contributed by atoms with Crippen molar-refractivity contribution < 1.29 is 19.7 Å². The summed E-state index contributed by atoms with van der Waals surface area (Å²) in [5.74, 6) is 0.834. The summed E-state index contributed by atoms with van der Waals surface area (Å²) in [4.78, 5) is 17.5. The minimum atomic E-state index is -0.965. The number of fused-ring (bicyclic) bond motifs is 1. The van der Waals surface area contributed by atoms with E-state index in [4.69, 9.17) is 9.84 Å². The minimum absolute atomic E-state index is 0.0441. The number of anilines is 1. The summed E-state index contributed by atoms with van der Waals surface area (Å²) >= 11 is 0. The molecule has 1 atom stereocenters. The number of hydrogen-bond donors (Lipinski definition) is 2. The summed E-state index contributed by atoms with van der Waals surface area (Å²) in [6.45, 7) is -0.342. The van der Waals surface area contributed by atoms with E-state index in [0.717, 1.165) is 5.56 Å². The van der Waals surface area contributed by atoms with Gasteiger partial charge in [-0.3, -0.25) is 9.69 Å². The molecule has 6 nitrogen and oxygen atoms in total. The van der Waals surface area contributed by atoms with Gasteiger partial charge in [-0.2, -0.15) is 4.98 Å². The molecule has 1 unspecified atom stereocenters. The van der Waals surface area contributed by atoms with Crippen LogP contribution in [0.5, 0.6) is 5.88 Å². The van der Waals surface area contributed by atoms with Crippen molar-refractivity contribution >= 4 is 11.7 Å². The zero-order valence-corrected chi connectivity index (χ0v) is 10.2. The van der Waals surface area contributed by atoms with Gasteiger partial charge in [0.1, 0.15) is 5.82 Å². The van der Waals surface area contributed by atoms with E-state index in [9.17, 15) is 9.90 Å². The summed E-state index contributed by atoms with van der Waals surface area (Å²) < 4.78 is 5.03. The summed E-state index contributed by atoms with van der Waals surface area (Å²) in [7, 11) is 1.51. The van der Waals surface area contributed by atoms with Gasteiger partial charge in [-0.15, -0.1) is 0 Å². The van der Waals surface area contributed by atoms with Crippen LogP contribution in [0.1, 0.15) is 12.0 Å². The molecular formula is C12H16N2O4. The highest BCUT2D eigenvalue weighted by Gasteiger charge is 2.27. The Morgan fingerprint density at radius 3 is 2.94 bits per heavy atom. The van der Waals surface area contributed by atoms with Crippen LogP contribution in [-0.2, 0) is 11.2 Å². The standard InChI is InChI=1S/C12H16N2O4/c1-18-10-4-2-8-3-5-11(17)14(12(8)13-10)6-9(16)7-15/h2,4,9,15-16H,3,5-7H2,1H3. The second-order valence-electron chi connectivity index (χ2n) is 4.18. The smallest absolute Gasteiger partial charge is 0.228 e. The maximum atomic E-state index is 11.9. The molecule has 1 aromatic heterocycles. The largest absolute Gasteiger partial charge is 0.481 e. The van der Waals surface area contributed by atoms with Crippen LogP contribution in [0, 0.1) is 0 Å². The van der Waals surface area contributed by atoms with Gasteiger partial charge in [0.05, 0.1) is 26.4 Å². The van der Waals surface area contributed by atoms with Crippen molar-refractivity contribution in [3.05, 3.63) is 17.7 Å². The van der Waals surface area contributed by atoms with Gasteiger partial charge in [-0.25, -0.2) is 0 Å². The van der Waals surface area contributed by atoms with E-state index in [2.05, 4.69) is 4.98 Å². The van der Waals surface area contributed by atoms with Crippen LogP contribution in [0.25, 0.3) is 0 Å². The van der Waals surface area contributed by atoms with Gasteiger partial charge in [0.15, 0.2) is 0 Å². The lowest BCUT2D eigenvalue weighted by Gasteiger charge is -2.29. The Morgan fingerprint density at radius 2 is 2.28 bits per heavy atom. The topological polar surface area (TPSA) is 82.9 Å². The molecule has 6 heteroatoms. The molecule has 2 heterocycles. The van der Waals surface area contributed by atoms with Crippen molar-refractivity contribution in [2.45, 2.75) is 18.9 Å². The average Bonchev–Trinajstić information content (AvgIpc) is 2.41. The Labute approximate surface area is 105 Å². The number of carbonyl (C=O) groups excluding carboxylic acids is 1. The van der Waals surface area contributed by atoms with E-state index in [-0.39, 0.29) is 19.1 Å². The van der Waals surface area contributed by atoms with E-state index >= 15 is 0 Å². The Hall–Kier alpha value is -1.66. The van der Waals surface area contributed by atoms with Crippen molar-refractivity contribution in [2.75, 3.05) is 25.2 Å². The van der Waals surface area contributed by atoms with Gasteiger partial charge in [0.2, 0.25) is 11.8 Å². The molecule has 0 bridgehead atoms. The van der Waals surface area contributed by atoms with Gasteiger partial charge < -0.3 is 14.9 Å². The predicted molar refractivity (Wildman–Crippen MR) is 64.6 cm³/mol. The number of ether oxygens (including phenoxy) is 1. The molecule has 1 aliphatic heterocycles. The number of aromatic nitrogens is 1. The van der Waals surface area contributed by atoms with Gasteiger partial charge in [-0.1, -0.05) is 0 Å². The fraction of sp³-hybridized carbons (Fsp3) is 0.500. The molecule has 0 radical (unpaired) electrons. The van der Waals surface area contributed by atoms with Crippen LogP contribution in [0.3, 0.4) is 0 Å². The van der Waals surface area contributed by atoms with Crippen molar-refractivity contribution in [3.63, 3.8) is 0 Å². The van der Waals surface area contributed by atoms with Crippen LogP contribution in [0.15, 0.2) is 12.1 Å². The number of pyridine rings is 1. The van der Waals surface area contributed by atoms with Crippen LogP contribution < -0.4 is 9.64 Å². The molecule has 0 aromatic carbocycles. The number of amides is 1. The zero-order chi connectivity index (χ0) is 13.1. The number of aliphatic hydroxyl groups is 2. The lowest BCUT2D eigenvalue weighted by molar-refractivity contribution is -0.119. The molecule has 0 spiro atoms. The third-order valence-electron chi connectivity index (χ3n) is 2.91. The Balaban J connectivity index is 2.32. The number of aryl methyl sites for hydroxylation is 1. The first-order valence-corrected chi connectivity index (χ1v) is 5.79. The highest BCUT2D eigenvalue weighted by molar-refractivity contribution is 5.95. The maximum absolute atomic E-state index is 11.9. The Morgan fingerprint density at radius 1 is 1.50 bits per heavy atom. The molecule has 2 rings (SSSR count). The molecule has 0 saturated carbocycles. The average molecular weight is 252 g/mol. The van der Waals surface area contributed by atoms with Gasteiger partial charge in [-0.05, 0) is 18.1 Å². The zero-order valence-electron chi connectivity index (χ0n) is 10.2. The second kappa shape index (κ2) is 5.32. The molecule has 1 aliphatic rings. The van der Waals surface area contributed by atoms with Crippen LogP contribution in [0.4, 0.5) is 5.82 Å². The fourth-order valence-corrected chi connectivity index (χ4v) is 1.95. The number of carbonyl (C=O) groups is 1. The maximum Gasteiger partial charge on any atom is 0.228 e. The fourth-order valence-electron chi connectivity index (χ4n) is 1.95. The predicted octanol–water partition coefficient (Wildman–Crippen LogP) is -0.277. The molecule has 1 aromatic rings. The first kappa shape index (κ1) is 12.8. The highest BCUT2D eigenvalue weighted by Crippen LogP contribution is 2.28. The summed E-state index contributed by atoms with van der Waals surface area (Å²) in [5.41, 5.74) is 0.945. The number of β-amino-alcohol motifs (C(OH)–C–C–N with tert-alkyl or cyclic N) is 1. The third kappa shape index (κ3) is 2.44. The molecule has 0 saturated heterocycles. The monoisotopic (exact) mass is 252 g/mol. The molecule has 0 fully saturated rings.